The second-order valence-corrected chi connectivity index (χ2v) is 4.21. The van der Waals surface area contributed by atoms with Crippen LogP contribution in [0.3, 0.4) is 0 Å². The zero-order valence-corrected chi connectivity index (χ0v) is 12.1. The van der Waals surface area contributed by atoms with Crippen LogP contribution in [0.15, 0.2) is 0 Å². The molecule has 0 aromatic heterocycles. The topological polar surface area (TPSA) is 20.2 Å². The van der Waals surface area contributed by atoms with E-state index in [0.717, 1.165) is 12.3 Å². The van der Waals surface area contributed by atoms with Gasteiger partial charge in [-0.3, -0.25) is 0 Å². The van der Waals surface area contributed by atoms with Gasteiger partial charge < -0.3 is 12.0 Å². The Labute approximate surface area is 103 Å². The Morgan fingerprint density at radius 2 is 1.50 bits per heavy atom. The molecule has 0 fully saturated rings. The van der Waals surface area contributed by atoms with Gasteiger partial charge in [0.05, 0.1) is 5.60 Å². The summed E-state index contributed by atoms with van der Waals surface area (Å²) in [5.41, 5.74) is -0.500. The molecule has 1 nitrogen and oxygen atoms in total. The van der Waals surface area contributed by atoms with Crippen LogP contribution in [0.5, 0.6) is 0 Å². The Bertz CT molecular complexity index is 68.4. The van der Waals surface area contributed by atoms with Crippen LogP contribution in [0.4, 0.5) is 0 Å². The van der Waals surface area contributed by atoms with Gasteiger partial charge in [-0.25, -0.2) is 0 Å². The quantitative estimate of drug-likeness (QED) is 0.745. The third-order valence-electron chi connectivity index (χ3n) is 0.781. The first-order chi connectivity index (χ1) is 4.77. The van der Waals surface area contributed by atoms with E-state index in [4.69, 9.17) is 5.11 Å². The molecule has 0 aliphatic heterocycles. The Morgan fingerprint density at radius 3 is 1.50 bits per heavy atom. The molecule has 0 aliphatic rings. The van der Waals surface area contributed by atoms with Gasteiger partial charge in [-0.2, -0.15) is 6.42 Å². The summed E-state index contributed by atoms with van der Waals surface area (Å²) in [6.45, 7) is 13.4. The van der Waals surface area contributed by atoms with E-state index in [0.29, 0.717) is 0 Å². The van der Waals surface area contributed by atoms with Gasteiger partial charge in [-0.1, -0.05) is 20.3 Å². The summed E-state index contributed by atoms with van der Waals surface area (Å²) in [7, 11) is 0. The smallest absolute Gasteiger partial charge is 0.0563 e. The van der Waals surface area contributed by atoms with Gasteiger partial charge in [0.1, 0.15) is 0 Å². The largest absolute Gasteiger partial charge is 0.391 e. The minimum atomic E-state index is -0.500. The van der Waals surface area contributed by atoms with E-state index < -0.39 is 5.60 Å². The second-order valence-electron chi connectivity index (χ2n) is 4.21. The summed E-state index contributed by atoms with van der Waals surface area (Å²) in [5.74, 6) is 0.836. The van der Waals surface area contributed by atoms with Crippen molar-refractivity contribution in [2.45, 2.75) is 53.1 Å². The third kappa shape index (κ3) is 67.9. The Morgan fingerprint density at radius 1 is 1.25 bits per heavy atom. The summed E-state index contributed by atoms with van der Waals surface area (Å²) in [4.78, 5) is 0. The molecule has 0 rings (SSSR count). The van der Waals surface area contributed by atoms with Crippen LogP contribution in [0.25, 0.3) is 0 Å². The molecule has 0 saturated carbocycles. The molecular formula is C10H23OY-. The molecule has 0 spiro atoms. The van der Waals surface area contributed by atoms with E-state index >= 15 is 0 Å². The van der Waals surface area contributed by atoms with Gasteiger partial charge in [0.25, 0.3) is 0 Å². The average Bonchev–Trinajstić information content (AvgIpc) is 1.58. The van der Waals surface area contributed by atoms with E-state index in [-0.39, 0.29) is 32.7 Å². The van der Waals surface area contributed by atoms with Crippen molar-refractivity contribution < 1.29 is 37.8 Å². The minimum absolute atomic E-state index is 0. The molecule has 0 saturated heterocycles. The molecule has 0 amide bonds. The first-order valence-electron chi connectivity index (χ1n) is 4.29. The summed E-state index contributed by atoms with van der Waals surface area (Å²) >= 11 is 0. The van der Waals surface area contributed by atoms with Gasteiger partial charge >= 0.3 is 0 Å². The van der Waals surface area contributed by atoms with Gasteiger partial charge in [-0.05, 0) is 26.7 Å². The van der Waals surface area contributed by atoms with Crippen molar-refractivity contribution in [3.63, 3.8) is 0 Å². The van der Waals surface area contributed by atoms with Gasteiger partial charge in [0.2, 0.25) is 0 Å². The third-order valence-corrected chi connectivity index (χ3v) is 0.781. The predicted molar refractivity (Wildman–Crippen MR) is 51.4 cm³/mol. The van der Waals surface area contributed by atoms with Crippen molar-refractivity contribution in [3.05, 3.63) is 6.92 Å². The molecule has 12 heavy (non-hydrogen) atoms. The summed E-state index contributed by atoms with van der Waals surface area (Å²) in [6, 6.07) is 0. The number of hydrogen-bond donors (Lipinski definition) is 1. The maximum Gasteiger partial charge on any atom is 0.0563 e. The zero-order valence-electron chi connectivity index (χ0n) is 9.22. The number of hydrogen-bond acceptors (Lipinski definition) is 1. The molecule has 0 unspecified atom stereocenters. The monoisotopic (exact) mass is 248 g/mol. The fraction of sp³-hybridized carbons (Fsp3) is 0.900. The summed E-state index contributed by atoms with van der Waals surface area (Å²) < 4.78 is 0. The fourth-order valence-electron chi connectivity index (χ4n) is 0.408. The molecule has 0 atom stereocenters. The second kappa shape index (κ2) is 10.1. The van der Waals surface area contributed by atoms with Crippen molar-refractivity contribution in [1.29, 1.82) is 0 Å². The molecule has 1 N–H and O–H groups in total. The van der Waals surface area contributed by atoms with Crippen LogP contribution in [-0.4, -0.2) is 10.7 Å². The Hall–Kier alpha value is 1.06. The molecule has 0 aromatic rings. The first kappa shape index (κ1) is 18.8. The first-order valence-corrected chi connectivity index (χ1v) is 4.29. The van der Waals surface area contributed by atoms with Crippen molar-refractivity contribution in [1.82, 2.24) is 0 Å². The molecule has 0 bridgehead atoms. The standard InChI is InChI=1S/C6H13.C4H10O.Y/c1-4-5-6(2)3;1-4(2,3)5;/h6H,1,4-5H2,2-3H3;5H,1-3H3;/q-1;;. The Balaban J connectivity index is -0.000000126. The molecule has 2 heteroatoms. The Kier molecular flexibility index (Phi) is 15.9. The van der Waals surface area contributed by atoms with Crippen molar-refractivity contribution in [2.24, 2.45) is 5.92 Å². The van der Waals surface area contributed by atoms with Gasteiger partial charge in [0, 0.05) is 32.7 Å². The normalized spacial score (nSPS) is 10.0. The van der Waals surface area contributed by atoms with Crippen LogP contribution < -0.4 is 0 Å². The number of rotatable bonds is 2. The molecular weight excluding hydrogens is 225 g/mol. The van der Waals surface area contributed by atoms with Crippen LogP contribution >= 0.6 is 0 Å². The van der Waals surface area contributed by atoms with Crippen molar-refractivity contribution in [3.8, 4) is 0 Å². The van der Waals surface area contributed by atoms with Crippen molar-refractivity contribution >= 4 is 0 Å². The molecule has 0 heterocycles. The predicted octanol–water partition coefficient (Wildman–Crippen LogP) is 3.03. The maximum atomic E-state index is 8.52. The fourth-order valence-corrected chi connectivity index (χ4v) is 0.408. The summed E-state index contributed by atoms with van der Waals surface area (Å²) in [5, 5.41) is 8.52. The van der Waals surface area contributed by atoms with Gasteiger partial charge in [-0.15, -0.1) is 0 Å². The molecule has 0 aliphatic carbocycles. The van der Waals surface area contributed by atoms with Gasteiger partial charge in [0.15, 0.2) is 0 Å². The van der Waals surface area contributed by atoms with Crippen molar-refractivity contribution in [2.75, 3.05) is 0 Å². The molecule has 73 valence electrons. The van der Waals surface area contributed by atoms with E-state index in [2.05, 4.69) is 20.8 Å². The van der Waals surface area contributed by atoms with Crippen LogP contribution in [0.1, 0.15) is 47.5 Å². The molecule has 1 radical (unpaired) electrons. The van der Waals surface area contributed by atoms with Crippen LogP contribution in [0, 0.1) is 12.8 Å². The zero-order chi connectivity index (χ0) is 9.49. The minimum Gasteiger partial charge on any atom is -0.391 e. The van der Waals surface area contributed by atoms with Crippen LogP contribution in [-0.2, 0) is 32.7 Å². The average molecular weight is 248 g/mol. The number of aliphatic hydroxyl groups is 1. The van der Waals surface area contributed by atoms with E-state index in [1.165, 1.54) is 6.42 Å². The van der Waals surface area contributed by atoms with E-state index in [9.17, 15) is 0 Å². The van der Waals surface area contributed by atoms with E-state index in [1.807, 2.05) is 0 Å². The van der Waals surface area contributed by atoms with E-state index in [1.54, 1.807) is 20.8 Å². The summed E-state index contributed by atoms with van der Waals surface area (Å²) in [6.07, 6.45) is 2.34. The van der Waals surface area contributed by atoms with Crippen LogP contribution in [0.2, 0.25) is 0 Å². The SMILES string of the molecule is CC(C)(C)O.[CH2-]CCC(C)C.[Y]. The molecule has 0 aromatic carbocycles. The maximum absolute atomic E-state index is 8.52.